The number of carboxylic acid groups (broad SMARTS) is 1. The normalized spacial score (nSPS) is 16.8. The van der Waals surface area contributed by atoms with E-state index in [4.69, 9.17) is 21.4 Å². The molecule has 0 aromatic heterocycles. The topological polar surface area (TPSA) is 46.5 Å². The molecule has 0 radical (unpaired) electrons. The molecule has 0 bridgehead atoms. The minimum absolute atomic E-state index is 0.107. The zero-order valence-corrected chi connectivity index (χ0v) is 10.2. The van der Waals surface area contributed by atoms with Crippen LogP contribution in [0.4, 0.5) is 0 Å². The quantitative estimate of drug-likeness (QED) is 0.849. The van der Waals surface area contributed by atoms with E-state index in [-0.39, 0.29) is 11.8 Å². The average Bonchev–Trinajstić information content (AvgIpc) is 2.97. The molecule has 17 heavy (non-hydrogen) atoms. The predicted octanol–water partition coefficient (Wildman–Crippen LogP) is 3.11. The molecule has 1 aliphatic rings. The van der Waals surface area contributed by atoms with Crippen LogP contribution in [0.1, 0.15) is 24.8 Å². The fraction of sp³-hybridized carbons (Fsp3) is 0.462. The number of hydrogen-bond donors (Lipinski definition) is 1. The Morgan fingerprint density at radius 3 is 2.82 bits per heavy atom. The molecule has 1 fully saturated rings. The molecule has 1 aliphatic carbocycles. The Hall–Kier alpha value is -1.06. The van der Waals surface area contributed by atoms with Gasteiger partial charge in [0.2, 0.25) is 0 Å². The van der Waals surface area contributed by atoms with Crippen LogP contribution >= 0.6 is 11.6 Å². The minimum atomic E-state index is -0.742. The van der Waals surface area contributed by atoms with E-state index >= 15 is 0 Å². The van der Waals surface area contributed by atoms with Crippen molar-refractivity contribution >= 4 is 17.6 Å². The first-order chi connectivity index (χ1) is 8.10. The number of halogens is 1. The van der Waals surface area contributed by atoms with Gasteiger partial charge in [0, 0.05) is 10.4 Å². The van der Waals surface area contributed by atoms with E-state index in [0.29, 0.717) is 18.2 Å². The highest BCUT2D eigenvalue weighted by molar-refractivity contribution is 6.30. The molecule has 0 saturated heterocycles. The van der Waals surface area contributed by atoms with Gasteiger partial charge in [-0.05, 0) is 30.5 Å². The summed E-state index contributed by atoms with van der Waals surface area (Å²) < 4.78 is 5.58. The van der Waals surface area contributed by atoms with Crippen molar-refractivity contribution in [2.24, 2.45) is 5.41 Å². The summed E-state index contributed by atoms with van der Waals surface area (Å²) in [5.74, 6) is -0.742. The summed E-state index contributed by atoms with van der Waals surface area (Å²) in [7, 11) is 0. The van der Waals surface area contributed by atoms with Crippen LogP contribution in [0.25, 0.3) is 0 Å². The van der Waals surface area contributed by atoms with Crippen molar-refractivity contribution in [1.82, 2.24) is 0 Å². The van der Waals surface area contributed by atoms with Gasteiger partial charge in [0.15, 0.2) is 0 Å². The lowest BCUT2D eigenvalue weighted by Gasteiger charge is -2.12. The third kappa shape index (κ3) is 3.72. The van der Waals surface area contributed by atoms with Crippen molar-refractivity contribution in [3.63, 3.8) is 0 Å². The molecule has 0 aliphatic heterocycles. The van der Waals surface area contributed by atoms with Crippen molar-refractivity contribution in [3.8, 4) is 0 Å². The maximum absolute atomic E-state index is 10.7. The van der Waals surface area contributed by atoms with E-state index in [0.717, 1.165) is 18.4 Å². The molecule has 0 atom stereocenters. The molecule has 1 saturated carbocycles. The highest BCUT2D eigenvalue weighted by Crippen LogP contribution is 2.49. The van der Waals surface area contributed by atoms with Gasteiger partial charge in [-0.1, -0.05) is 23.7 Å². The Kier molecular flexibility index (Phi) is 3.69. The van der Waals surface area contributed by atoms with Gasteiger partial charge in [0.25, 0.3) is 0 Å². The van der Waals surface area contributed by atoms with Crippen molar-refractivity contribution in [3.05, 3.63) is 34.9 Å². The van der Waals surface area contributed by atoms with E-state index in [2.05, 4.69) is 0 Å². The van der Waals surface area contributed by atoms with Gasteiger partial charge >= 0.3 is 5.97 Å². The summed E-state index contributed by atoms with van der Waals surface area (Å²) in [6.07, 6.45) is 2.12. The Bertz CT molecular complexity index is 413. The van der Waals surface area contributed by atoms with Crippen LogP contribution in [0, 0.1) is 5.41 Å². The average molecular weight is 255 g/mol. The Balaban J connectivity index is 1.78. The summed E-state index contributed by atoms with van der Waals surface area (Å²) in [5.41, 5.74) is 0.911. The largest absolute Gasteiger partial charge is 0.481 e. The lowest BCUT2D eigenvalue weighted by molar-refractivity contribution is -0.139. The monoisotopic (exact) mass is 254 g/mol. The molecule has 4 heteroatoms. The van der Waals surface area contributed by atoms with Crippen molar-refractivity contribution in [2.75, 3.05) is 6.61 Å². The Labute approximate surface area is 105 Å². The first-order valence-electron chi connectivity index (χ1n) is 5.64. The molecule has 2 rings (SSSR count). The predicted molar refractivity (Wildman–Crippen MR) is 65.0 cm³/mol. The van der Waals surface area contributed by atoms with E-state index in [1.165, 1.54) is 0 Å². The first kappa shape index (κ1) is 12.4. The number of rotatable bonds is 6. The third-order valence-corrected chi connectivity index (χ3v) is 3.28. The van der Waals surface area contributed by atoms with Crippen molar-refractivity contribution < 1.29 is 14.6 Å². The fourth-order valence-electron chi connectivity index (χ4n) is 1.88. The number of ether oxygens (including phenoxy) is 1. The maximum Gasteiger partial charge on any atom is 0.303 e. The minimum Gasteiger partial charge on any atom is -0.481 e. The fourth-order valence-corrected chi connectivity index (χ4v) is 2.09. The third-order valence-electron chi connectivity index (χ3n) is 3.05. The standard InChI is InChI=1S/C13H15ClO3/c14-11-3-1-2-10(6-11)8-17-9-13(4-5-13)7-12(15)16/h1-3,6H,4-5,7-9H2,(H,15,16). The van der Waals surface area contributed by atoms with Gasteiger partial charge in [0.05, 0.1) is 19.6 Å². The van der Waals surface area contributed by atoms with Crippen LogP contribution in [0.5, 0.6) is 0 Å². The van der Waals surface area contributed by atoms with Crippen LogP contribution in [0.3, 0.4) is 0 Å². The van der Waals surface area contributed by atoms with Crippen LogP contribution in [-0.4, -0.2) is 17.7 Å². The number of benzene rings is 1. The number of carbonyl (C=O) groups is 1. The summed E-state index contributed by atoms with van der Waals surface area (Å²) >= 11 is 5.86. The summed E-state index contributed by atoms with van der Waals surface area (Å²) in [6, 6.07) is 7.50. The highest BCUT2D eigenvalue weighted by atomic mass is 35.5. The molecule has 0 amide bonds. The Morgan fingerprint density at radius 2 is 2.24 bits per heavy atom. The highest BCUT2D eigenvalue weighted by Gasteiger charge is 2.44. The molecule has 92 valence electrons. The van der Waals surface area contributed by atoms with Crippen molar-refractivity contribution in [2.45, 2.75) is 25.9 Å². The van der Waals surface area contributed by atoms with E-state index in [1.807, 2.05) is 24.3 Å². The summed E-state index contributed by atoms with van der Waals surface area (Å²) in [5, 5.41) is 9.46. The second-order valence-corrected chi connectivity index (χ2v) is 5.13. The smallest absolute Gasteiger partial charge is 0.303 e. The number of hydrogen-bond acceptors (Lipinski definition) is 2. The molecule has 0 unspecified atom stereocenters. The molecular formula is C13H15ClO3. The molecule has 0 heterocycles. The Morgan fingerprint density at radius 1 is 1.47 bits per heavy atom. The van der Waals surface area contributed by atoms with Crippen molar-refractivity contribution in [1.29, 1.82) is 0 Å². The molecule has 1 N–H and O–H groups in total. The summed E-state index contributed by atoms with van der Waals surface area (Å²) in [4.78, 5) is 10.7. The molecule has 1 aromatic rings. The SMILES string of the molecule is O=C(O)CC1(COCc2cccc(Cl)c2)CC1. The van der Waals surface area contributed by atoms with Gasteiger partial charge in [-0.15, -0.1) is 0 Å². The lowest BCUT2D eigenvalue weighted by Crippen LogP contribution is -2.15. The molecule has 1 aromatic carbocycles. The number of aliphatic carboxylic acids is 1. The van der Waals surface area contributed by atoms with Crippen LogP contribution in [0.15, 0.2) is 24.3 Å². The van der Waals surface area contributed by atoms with E-state index in [9.17, 15) is 4.79 Å². The van der Waals surface area contributed by atoms with Crippen LogP contribution in [0.2, 0.25) is 5.02 Å². The van der Waals surface area contributed by atoms with Gasteiger partial charge in [-0.3, -0.25) is 4.79 Å². The zero-order valence-electron chi connectivity index (χ0n) is 9.49. The number of carboxylic acids is 1. The van der Waals surface area contributed by atoms with E-state index < -0.39 is 5.97 Å². The van der Waals surface area contributed by atoms with Gasteiger partial charge in [-0.2, -0.15) is 0 Å². The summed E-state index contributed by atoms with van der Waals surface area (Å²) in [6.45, 7) is 1.01. The van der Waals surface area contributed by atoms with Crippen LogP contribution in [-0.2, 0) is 16.1 Å². The zero-order chi connectivity index (χ0) is 12.3. The second kappa shape index (κ2) is 5.07. The van der Waals surface area contributed by atoms with Crippen LogP contribution < -0.4 is 0 Å². The second-order valence-electron chi connectivity index (χ2n) is 4.69. The van der Waals surface area contributed by atoms with Gasteiger partial charge < -0.3 is 9.84 Å². The molecular weight excluding hydrogens is 240 g/mol. The molecule has 3 nitrogen and oxygen atoms in total. The van der Waals surface area contributed by atoms with Gasteiger partial charge in [0.1, 0.15) is 0 Å². The maximum atomic E-state index is 10.7. The lowest BCUT2D eigenvalue weighted by atomic mass is 10.0. The van der Waals surface area contributed by atoms with E-state index in [1.54, 1.807) is 0 Å². The molecule has 0 spiro atoms. The first-order valence-corrected chi connectivity index (χ1v) is 6.01. The van der Waals surface area contributed by atoms with Gasteiger partial charge in [-0.25, -0.2) is 0 Å².